The van der Waals surface area contributed by atoms with Crippen molar-refractivity contribution in [3.05, 3.63) is 0 Å². The minimum absolute atomic E-state index is 0.355. The van der Waals surface area contributed by atoms with E-state index in [1.807, 2.05) is 0 Å². The van der Waals surface area contributed by atoms with E-state index in [2.05, 4.69) is 45.7 Å². The summed E-state index contributed by atoms with van der Waals surface area (Å²) < 4.78 is 0. The molecule has 0 aromatic rings. The molecule has 0 amide bonds. The molecule has 0 bridgehead atoms. The summed E-state index contributed by atoms with van der Waals surface area (Å²) in [4.78, 5) is 0.613. The Morgan fingerprint density at radius 3 is 1.91 bits per heavy atom. The van der Waals surface area contributed by atoms with Crippen molar-refractivity contribution >= 4 is 31.9 Å². The van der Waals surface area contributed by atoms with Crippen molar-refractivity contribution < 1.29 is 5.11 Å². The predicted molar refractivity (Wildman–Crippen MR) is 58.8 cm³/mol. The van der Waals surface area contributed by atoms with Crippen LogP contribution in [-0.4, -0.2) is 21.9 Å². The van der Waals surface area contributed by atoms with Crippen molar-refractivity contribution in [1.29, 1.82) is 0 Å². The van der Waals surface area contributed by atoms with Gasteiger partial charge in [-0.05, 0) is 6.42 Å². The molecule has 1 atom stereocenters. The Kier molecular flexibility index (Phi) is 17.7. The van der Waals surface area contributed by atoms with Crippen LogP contribution in [0, 0.1) is 0 Å². The number of aliphatic hydroxyl groups is 1. The summed E-state index contributed by atoms with van der Waals surface area (Å²) in [6.07, 6.45) is 3.33. The van der Waals surface area contributed by atoms with Gasteiger partial charge in [0.2, 0.25) is 0 Å². The molecular weight excluding hydrogens is 272 g/mol. The fourth-order valence-corrected chi connectivity index (χ4v) is 0.362. The van der Waals surface area contributed by atoms with Crippen molar-refractivity contribution in [2.24, 2.45) is 0 Å². The summed E-state index contributed by atoms with van der Waals surface area (Å²) in [7, 11) is 0. The summed E-state index contributed by atoms with van der Waals surface area (Å²) in [5.41, 5.74) is 0. The monoisotopic (exact) mass is 288 g/mol. The highest BCUT2D eigenvalue weighted by molar-refractivity contribution is 9.12. The van der Waals surface area contributed by atoms with Gasteiger partial charge in [0.1, 0.15) is 0 Å². The Morgan fingerprint density at radius 2 is 1.82 bits per heavy atom. The van der Waals surface area contributed by atoms with Gasteiger partial charge in [0.25, 0.3) is 0 Å². The smallest absolute Gasteiger partial charge is 0.0431 e. The second kappa shape index (κ2) is 13.5. The standard InChI is InChI=1S/C5H12O.C3H6Br2/c1-2-3-4-5-6;1-3(5)2-4/h6H,2-5H2,1H3;3H,2H2,1H3. The molecule has 0 aliphatic heterocycles. The van der Waals surface area contributed by atoms with Crippen LogP contribution in [0.5, 0.6) is 0 Å². The number of aliphatic hydroxyl groups excluding tert-OH is 1. The first-order valence-electron chi connectivity index (χ1n) is 3.99. The van der Waals surface area contributed by atoms with Gasteiger partial charge < -0.3 is 5.11 Å². The molecule has 1 N–H and O–H groups in total. The van der Waals surface area contributed by atoms with E-state index < -0.39 is 0 Å². The number of alkyl halides is 2. The molecular formula is C8H18Br2O. The van der Waals surface area contributed by atoms with Gasteiger partial charge in [-0.25, -0.2) is 0 Å². The van der Waals surface area contributed by atoms with E-state index in [0.717, 1.165) is 18.2 Å². The highest BCUT2D eigenvalue weighted by Crippen LogP contribution is 1.99. The van der Waals surface area contributed by atoms with E-state index in [4.69, 9.17) is 5.11 Å². The van der Waals surface area contributed by atoms with Gasteiger partial charge >= 0.3 is 0 Å². The van der Waals surface area contributed by atoms with E-state index in [1.165, 1.54) is 6.42 Å². The molecule has 0 aliphatic carbocycles. The van der Waals surface area contributed by atoms with E-state index in [0.29, 0.717) is 11.4 Å². The van der Waals surface area contributed by atoms with Crippen LogP contribution in [0.25, 0.3) is 0 Å². The molecule has 0 heterocycles. The average Bonchev–Trinajstić information content (AvgIpc) is 2.02. The first-order valence-corrected chi connectivity index (χ1v) is 6.03. The zero-order valence-electron chi connectivity index (χ0n) is 7.32. The van der Waals surface area contributed by atoms with Crippen LogP contribution in [0.3, 0.4) is 0 Å². The average molecular weight is 290 g/mol. The van der Waals surface area contributed by atoms with Gasteiger partial charge in [-0.15, -0.1) is 0 Å². The summed E-state index contributed by atoms with van der Waals surface area (Å²) in [6.45, 7) is 4.57. The number of unbranched alkanes of at least 4 members (excludes halogenated alkanes) is 2. The van der Waals surface area contributed by atoms with Gasteiger partial charge in [-0.1, -0.05) is 58.5 Å². The minimum Gasteiger partial charge on any atom is -0.396 e. The van der Waals surface area contributed by atoms with Crippen molar-refractivity contribution in [3.63, 3.8) is 0 Å². The summed E-state index contributed by atoms with van der Waals surface area (Å²) in [5, 5.41) is 9.23. The molecule has 0 spiro atoms. The van der Waals surface area contributed by atoms with Crippen LogP contribution in [0.2, 0.25) is 0 Å². The van der Waals surface area contributed by atoms with Crippen LogP contribution in [-0.2, 0) is 0 Å². The first-order chi connectivity index (χ1) is 5.18. The lowest BCUT2D eigenvalue weighted by atomic mass is 10.3. The second-order valence-electron chi connectivity index (χ2n) is 2.37. The maximum Gasteiger partial charge on any atom is 0.0431 e. The largest absolute Gasteiger partial charge is 0.396 e. The van der Waals surface area contributed by atoms with E-state index >= 15 is 0 Å². The SMILES string of the molecule is CC(Br)CBr.CCCCCO. The van der Waals surface area contributed by atoms with Crippen molar-refractivity contribution in [2.45, 2.75) is 37.9 Å². The molecule has 0 saturated heterocycles. The summed E-state index contributed by atoms with van der Waals surface area (Å²) >= 11 is 6.59. The lowest BCUT2D eigenvalue weighted by molar-refractivity contribution is 0.284. The zero-order valence-corrected chi connectivity index (χ0v) is 10.5. The number of rotatable bonds is 4. The quantitative estimate of drug-likeness (QED) is 0.622. The summed E-state index contributed by atoms with van der Waals surface area (Å²) in [5.74, 6) is 0. The van der Waals surface area contributed by atoms with Gasteiger partial charge in [0, 0.05) is 16.8 Å². The highest BCUT2D eigenvalue weighted by Gasteiger charge is 1.84. The Morgan fingerprint density at radius 1 is 1.36 bits per heavy atom. The molecule has 0 aliphatic rings. The van der Waals surface area contributed by atoms with Crippen LogP contribution in [0.15, 0.2) is 0 Å². The Hall–Kier alpha value is 0.920. The second-order valence-corrected chi connectivity index (χ2v) is 4.58. The topological polar surface area (TPSA) is 20.2 Å². The molecule has 3 heteroatoms. The maximum absolute atomic E-state index is 8.20. The minimum atomic E-state index is 0.355. The van der Waals surface area contributed by atoms with E-state index in [1.54, 1.807) is 0 Å². The first kappa shape index (κ1) is 14.4. The molecule has 11 heavy (non-hydrogen) atoms. The van der Waals surface area contributed by atoms with Crippen LogP contribution in [0.4, 0.5) is 0 Å². The zero-order chi connectivity index (χ0) is 9.11. The van der Waals surface area contributed by atoms with Gasteiger partial charge in [0.05, 0.1) is 0 Å². The Bertz CT molecular complexity index is 54.1. The van der Waals surface area contributed by atoms with Crippen molar-refractivity contribution in [2.75, 3.05) is 11.9 Å². The molecule has 1 unspecified atom stereocenters. The lowest BCUT2D eigenvalue weighted by Crippen LogP contribution is -1.85. The molecule has 0 radical (unpaired) electrons. The Balaban J connectivity index is 0. The van der Waals surface area contributed by atoms with Crippen molar-refractivity contribution in [1.82, 2.24) is 0 Å². The molecule has 0 aromatic carbocycles. The molecule has 0 aromatic heterocycles. The Labute approximate surface area is 86.8 Å². The predicted octanol–water partition coefficient (Wildman–Crippen LogP) is 3.33. The van der Waals surface area contributed by atoms with Gasteiger partial charge in [-0.3, -0.25) is 0 Å². The fourth-order valence-electron chi connectivity index (χ4n) is 0.362. The number of hydrogen-bond acceptors (Lipinski definition) is 1. The van der Waals surface area contributed by atoms with Crippen molar-refractivity contribution in [3.8, 4) is 0 Å². The van der Waals surface area contributed by atoms with E-state index in [9.17, 15) is 0 Å². The summed E-state index contributed by atoms with van der Waals surface area (Å²) in [6, 6.07) is 0. The molecule has 0 rings (SSSR count). The van der Waals surface area contributed by atoms with E-state index in [-0.39, 0.29) is 0 Å². The molecule has 0 saturated carbocycles. The molecule has 0 fully saturated rings. The normalized spacial score (nSPS) is 11.7. The fraction of sp³-hybridized carbons (Fsp3) is 1.00. The number of hydrogen-bond donors (Lipinski definition) is 1. The van der Waals surface area contributed by atoms with Crippen LogP contribution >= 0.6 is 31.9 Å². The third-order valence-corrected chi connectivity index (χ3v) is 3.14. The lowest BCUT2D eigenvalue weighted by Gasteiger charge is -1.86. The molecule has 70 valence electrons. The third kappa shape index (κ3) is 24.8. The van der Waals surface area contributed by atoms with Crippen LogP contribution < -0.4 is 0 Å². The number of halogens is 2. The van der Waals surface area contributed by atoms with Crippen LogP contribution in [0.1, 0.15) is 33.1 Å². The molecule has 1 nitrogen and oxygen atoms in total. The third-order valence-electron chi connectivity index (χ3n) is 0.974. The van der Waals surface area contributed by atoms with Gasteiger partial charge in [0.15, 0.2) is 0 Å². The highest BCUT2D eigenvalue weighted by atomic mass is 79.9. The maximum atomic E-state index is 8.20. The van der Waals surface area contributed by atoms with Gasteiger partial charge in [-0.2, -0.15) is 0 Å².